The van der Waals surface area contributed by atoms with Gasteiger partial charge in [-0.05, 0) is 32.8 Å². The molecule has 0 spiro atoms. The minimum Gasteiger partial charge on any atom is -0.491 e. The molecule has 0 bridgehead atoms. The Labute approximate surface area is 168 Å². The topological polar surface area (TPSA) is 120 Å². The summed E-state index contributed by atoms with van der Waals surface area (Å²) < 4.78 is 13.0. The molecule has 3 rings (SSSR count). The number of hydrogen-bond acceptors (Lipinski definition) is 5. The molecule has 1 fully saturated rings. The van der Waals surface area contributed by atoms with Gasteiger partial charge >= 0.3 is 5.69 Å². The molecule has 2 heterocycles. The number of nitrogens with one attached hydrogen (secondary N) is 1. The summed E-state index contributed by atoms with van der Waals surface area (Å²) in [6.07, 6.45) is 1.75. The number of aromatic amines is 1. The van der Waals surface area contributed by atoms with Crippen molar-refractivity contribution in [2.75, 3.05) is 26.3 Å². The van der Waals surface area contributed by atoms with Gasteiger partial charge in [0.25, 0.3) is 0 Å². The molecular weight excluding hydrogens is 376 g/mol. The van der Waals surface area contributed by atoms with Crippen molar-refractivity contribution >= 4 is 22.8 Å². The number of nitrogens with two attached hydrogens (primary N) is 1. The minimum absolute atomic E-state index is 0.0361. The van der Waals surface area contributed by atoms with Crippen LogP contribution in [0.25, 0.3) is 11.0 Å². The fourth-order valence-electron chi connectivity index (χ4n) is 3.76. The van der Waals surface area contributed by atoms with Gasteiger partial charge in [0.15, 0.2) is 0 Å². The van der Waals surface area contributed by atoms with E-state index in [4.69, 9.17) is 15.2 Å². The average Bonchev–Trinajstić information content (AvgIpc) is 3.29. The van der Waals surface area contributed by atoms with Crippen molar-refractivity contribution in [3.8, 4) is 5.75 Å². The number of ether oxygens (including phenoxy) is 2. The van der Waals surface area contributed by atoms with Gasteiger partial charge in [0, 0.05) is 25.3 Å². The number of benzene rings is 1. The molecule has 1 aliphatic rings. The van der Waals surface area contributed by atoms with Gasteiger partial charge in [0.05, 0.1) is 31.2 Å². The molecule has 0 radical (unpaired) electrons. The Morgan fingerprint density at radius 1 is 1.38 bits per heavy atom. The summed E-state index contributed by atoms with van der Waals surface area (Å²) in [6, 6.07) is 3.54. The number of carbonyl (C=O) groups excluding carboxylic acids is 2. The second-order valence-electron chi connectivity index (χ2n) is 7.11. The lowest BCUT2D eigenvalue weighted by Crippen LogP contribution is -2.43. The maximum Gasteiger partial charge on any atom is 0.326 e. The average molecular weight is 404 g/mol. The third kappa shape index (κ3) is 4.61. The van der Waals surface area contributed by atoms with Gasteiger partial charge in [-0.25, -0.2) is 4.79 Å². The SMILES string of the molecule is CCOc1c(CC(=O)N(CC(N)=O)CC2CCCO2)ccc2[nH]c(=O)n(CC)c12. The Hall–Kier alpha value is -2.81. The molecule has 2 aromatic rings. The predicted molar refractivity (Wildman–Crippen MR) is 108 cm³/mol. The lowest BCUT2D eigenvalue weighted by molar-refractivity contribution is -0.136. The first-order valence-electron chi connectivity index (χ1n) is 9.99. The van der Waals surface area contributed by atoms with Crippen LogP contribution in [0.15, 0.2) is 16.9 Å². The number of primary amides is 1. The number of nitrogens with zero attached hydrogens (tertiary/aromatic N) is 2. The molecule has 158 valence electrons. The molecule has 1 unspecified atom stereocenters. The van der Waals surface area contributed by atoms with E-state index < -0.39 is 5.91 Å². The number of rotatable bonds is 9. The summed E-state index contributed by atoms with van der Waals surface area (Å²) in [5.41, 5.74) is 7.09. The zero-order valence-corrected chi connectivity index (χ0v) is 16.9. The van der Waals surface area contributed by atoms with Crippen LogP contribution in [-0.4, -0.2) is 58.7 Å². The number of aromatic nitrogens is 2. The third-order valence-electron chi connectivity index (χ3n) is 5.06. The molecule has 2 amide bonds. The molecule has 1 atom stereocenters. The maximum atomic E-state index is 13.0. The Kier molecular flexibility index (Phi) is 6.58. The highest BCUT2D eigenvalue weighted by Crippen LogP contribution is 2.29. The van der Waals surface area contributed by atoms with E-state index >= 15 is 0 Å². The van der Waals surface area contributed by atoms with Crippen molar-refractivity contribution in [2.45, 2.75) is 45.8 Å². The largest absolute Gasteiger partial charge is 0.491 e. The molecular formula is C20H28N4O5. The smallest absolute Gasteiger partial charge is 0.326 e. The molecule has 1 aromatic heterocycles. The summed E-state index contributed by atoms with van der Waals surface area (Å²) in [6.45, 7) is 5.43. The summed E-state index contributed by atoms with van der Waals surface area (Å²) in [7, 11) is 0. The van der Waals surface area contributed by atoms with Crippen molar-refractivity contribution in [3.63, 3.8) is 0 Å². The number of fused-ring (bicyclic) bond motifs is 1. The van der Waals surface area contributed by atoms with Gasteiger partial charge in [-0.3, -0.25) is 14.2 Å². The van der Waals surface area contributed by atoms with E-state index in [1.807, 2.05) is 13.8 Å². The lowest BCUT2D eigenvalue weighted by Gasteiger charge is -2.24. The van der Waals surface area contributed by atoms with Gasteiger partial charge in [0.1, 0.15) is 11.3 Å². The van der Waals surface area contributed by atoms with Gasteiger partial charge in [-0.2, -0.15) is 0 Å². The summed E-state index contributed by atoms with van der Waals surface area (Å²) in [5, 5.41) is 0. The van der Waals surface area contributed by atoms with Gasteiger partial charge < -0.3 is 25.1 Å². The fraction of sp³-hybridized carbons (Fsp3) is 0.550. The molecule has 9 heteroatoms. The lowest BCUT2D eigenvalue weighted by atomic mass is 10.1. The van der Waals surface area contributed by atoms with Gasteiger partial charge in [-0.15, -0.1) is 0 Å². The Balaban J connectivity index is 1.91. The molecule has 0 saturated carbocycles. The number of H-pyrrole nitrogens is 1. The van der Waals surface area contributed by atoms with Crippen LogP contribution in [-0.2, 0) is 27.3 Å². The quantitative estimate of drug-likeness (QED) is 0.640. The van der Waals surface area contributed by atoms with Crippen LogP contribution in [0.5, 0.6) is 5.75 Å². The molecule has 29 heavy (non-hydrogen) atoms. The van der Waals surface area contributed by atoms with E-state index in [0.717, 1.165) is 12.8 Å². The van der Waals surface area contributed by atoms with E-state index in [9.17, 15) is 14.4 Å². The number of imidazole rings is 1. The normalized spacial score (nSPS) is 16.3. The zero-order valence-electron chi connectivity index (χ0n) is 16.9. The zero-order chi connectivity index (χ0) is 21.0. The van der Waals surface area contributed by atoms with E-state index in [2.05, 4.69) is 4.98 Å². The molecule has 3 N–H and O–H groups in total. The highest BCUT2D eigenvalue weighted by molar-refractivity contribution is 5.89. The highest BCUT2D eigenvalue weighted by atomic mass is 16.5. The Morgan fingerprint density at radius 3 is 2.79 bits per heavy atom. The molecule has 1 saturated heterocycles. The standard InChI is InChI=1S/C20H28N4O5/c1-3-24-18-15(22-20(24)27)8-7-13(19(18)28-4-2)10-17(26)23(12-16(21)25)11-14-6-5-9-29-14/h7-8,14H,3-6,9-12H2,1-2H3,(H2,21,25)(H,22,27). The second kappa shape index (κ2) is 9.13. The molecule has 1 aliphatic heterocycles. The van der Waals surface area contributed by atoms with Gasteiger partial charge in [-0.1, -0.05) is 6.07 Å². The first-order valence-corrected chi connectivity index (χ1v) is 9.99. The van der Waals surface area contributed by atoms with E-state index in [1.54, 1.807) is 16.7 Å². The molecule has 9 nitrogen and oxygen atoms in total. The monoisotopic (exact) mass is 404 g/mol. The van der Waals surface area contributed by atoms with Crippen molar-refractivity contribution in [3.05, 3.63) is 28.2 Å². The summed E-state index contributed by atoms with van der Waals surface area (Å²) in [4.78, 5) is 41.0. The molecule has 1 aromatic carbocycles. The first kappa shape index (κ1) is 20.9. The van der Waals surface area contributed by atoms with Crippen LogP contribution >= 0.6 is 0 Å². The van der Waals surface area contributed by atoms with Crippen molar-refractivity contribution in [1.29, 1.82) is 0 Å². The predicted octanol–water partition coefficient (Wildman–Crippen LogP) is 0.784. The maximum absolute atomic E-state index is 13.0. The minimum atomic E-state index is -0.567. The number of carbonyl (C=O) groups is 2. The summed E-state index contributed by atoms with van der Waals surface area (Å²) in [5.74, 6) is -0.294. The second-order valence-corrected chi connectivity index (χ2v) is 7.11. The molecule has 0 aliphatic carbocycles. The van der Waals surface area contributed by atoms with Crippen LogP contribution in [0.3, 0.4) is 0 Å². The fourth-order valence-corrected chi connectivity index (χ4v) is 3.76. The number of amides is 2. The van der Waals surface area contributed by atoms with Crippen LogP contribution in [0.1, 0.15) is 32.3 Å². The van der Waals surface area contributed by atoms with Crippen molar-refractivity contribution < 1.29 is 19.1 Å². The van der Waals surface area contributed by atoms with E-state index in [-0.39, 0.29) is 30.7 Å². The van der Waals surface area contributed by atoms with Crippen molar-refractivity contribution in [2.24, 2.45) is 5.73 Å². The van der Waals surface area contributed by atoms with Crippen LogP contribution in [0, 0.1) is 0 Å². The third-order valence-corrected chi connectivity index (χ3v) is 5.06. The van der Waals surface area contributed by atoms with E-state index in [1.165, 1.54) is 4.90 Å². The van der Waals surface area contributed by atoms with Crippen LogP contribution in [0.2, 0.25) is 0 Å². The van der Waals surface area contributed by atoms with Gasteiger partial charge in [0.2, 0.25) is 11.8 Å². The van der Waals surface area contributed by atoms with Crippen molar-refractivity contribution in [1.82, 2.24) is 14.5 Å². The first-order chi connectivity index (χ1) is 13.9. The number of aryl methyl sites for hydroxylation is 1. The van der Waals surface area contributed by atoms with Crippen LogP contribution in [0.4, 0.5) is 0 Å². The number of hydrogen-bond donors (Lipinski definition) is 2. The summed E-state index contributed by atoms with van der Waals surface area (Å²) >= 11 is 0. The van der Waals surface area contributed by atoms with Crippen LogP contribution < -0.4 is 16.2 Å². The Bertz CT molecular complexity index is 942. The van der Waals surface area contributed by atoms with E-state index in [0.29, 0.717) is 48.6 Å². The Morgan fingerprint density at radius 2 is 2.17 bits per heavy atom. The highest BCUT2D eigenvalue weighted by Gasteiger charge is 2.25.